The van der Waals surface area contributed by atoms with Crippen molar-refractivity contribution in [2.45, 2.75) is 18.2 Å². The van der Waals surface area contributed by atoms with Crippen LogP contribution in [-0.4, -0.2) is 72.6 Å². The number of nitrogens with zero attached hydrogens (tertiary/aromatic N) is 4. The Balaban J connectivity index is 1.66. The molecule has 2 amide bonds. The van der Waals surface area contributed by atoms with Gasteiger partial charge in [0.25, 0.3) is 15.9 Å². The number of piperazine rings is 1. The molecule has 0 unspecified atom stereocenters. The van der Waals surface area contributed by atoms with E-state index in [0.29, 0.717) is 5.56 Å². The zero-order valence-electron chi connectivity index (χ0n) is 16.0. The van der Waals surface area contributed by atoms with Crippen LogP contribution in [0.3, 0.4) is 0 Å². The molecule has 0 bridgehead atoms. The highest BCUT2D eigenvalue weighted by atomic mass is 32.2. The maximum absolute atomic E-state index is 12.8. The summed E-state index contributed by atoms with van der Waals surface area (Å²) in [4.78, 5) is 25.6. The normalized spacial score (nSPS) is 15.2. The third-order valence-corrected chi connectivity index (χ3v) is 7.43. The molecule has 10 nitrogen and oxygen atoms in total. The second kappa shape index (κ2) is 8.84. The monoisotopic (exact) mass is 439 g/mol. The predicted molar refractivity (Wildman–Crippen MR) is 106 cm³/mol. The van der Waals surface area contributed by atoms with Gasteiger partial charge >= 0.3 is 6.09 Å². The van der Waals surface area contributed by atoms with Crippen molar-refractivity contribution in [1.82, 2.24) is 19.4 Å². The van der Waals surface area contributed by atoms with Crippen LogP contribution in [0.2, 0.25) is 0 Å². The fourth-order valence-electron chi connectivity index (χ4n) is 2.79. The van der Waals surface area contributed by atoms with Gasteiger partial charge in [-0.1, -0.05) is 29.5 Å². The fraction of sp³-hybridized carbons (Fsp3) is 0.412. The second-order valence-electron chi connectivity index (χ2n) is 6.23. The number of sulfonamides is 1. The van der Waals surface area contributed by atoms with Crippen LogP contribution in [0.1, 0.15) is 22.8 Å². The van der Waals surface area contributed by atoms with Crippen LogP contribution in [0.5, 0.6) is 0 Å². The van der Waals surface area contributed by atoms with E-state index in [9.17, 15) is 18.0 Å². The molecule has 29 heavy (non-hydrogen) atoms. The van der Waals surface area contributed by atoms with Crippen LogP contribution in [0.15, 0.2) is 28.6 Å². The molecular weight excluding hydrogens is 418 g/mol. The maximum Gasteiger partial charge on any atom is 0.409 e. The lowest BCUT2D eigenvalue weighted by atomic mass is 10.1. The number of anilines is 1. The summed E-state index contributed by atoms with van der Waals surface area (Å²) in [6, 6.07) is 7.05. The van der Waals surface area contributed by atoms with Gasteiger partial charge in [0.15, 0.2) is 0 Å². The molecule has 1 saturated heterocycles. The van der Waals surface area contributed by atoms with Crippen molar-refractivity contribution < 1.29 is 22.7 Å². The number of benzene rings is 1. The van der Waals surface area contributed by atoms with E-state index in [1.165, 1.54) is 9.21 Å². The van der Waals surface area contributed by atoms with Crippen LogP contribution < -0.4 is 5.32 Å². The number of ether oxygens (including phenoxy) is 1. The summed E-state index contributed by atoms with van der Waals surface area (Å²) < 4.78 is 31.6. The minimum absolute atomic E-state index is 0.0991. The zero-order chi connectivity index (χ0) is 21.0. The molecule has 0 aliphatic carbocycles. The summed E-state index contributed by atoms with van der Waals surface area (Å²) in [7, 11) is -3.86. The van der Waals surface area contributed by atoms with Crippen LogP contribution in [0.25, 0.3) is 0 Å². The van der Waals surface area contributed by atoms with E-state index in [0.717, 1.165) is 16.9 Å². The Hall–Kier alpha value is -2.57. The lowest BCUT2D eigenvalue weighted by Gasteiger charge is -2.32. The minimum Gasteiger partial charge on any atom is -0.450 e. The number of hydrogen-bond donors (Lipinski definition) is 1. The van der Waals surface area contributed by atoms with Gasteiger partial charge in [0.2, 0.25) is 9.47 Å². The van der Waals surface area contributed by atoms with E-state index < -0.39 is 16.1 Å². The molecular formula is C17H21N5O5S2. The molecule has 2 heterocycles. The van der Waals surface area contributed by atoms with Crippen LogP contribution in [-0.2, 0) is 14.8 Å². The predicted octanol–water partition coefficient (Wildman–Crippen LogP) is 1.56. The Morgan fingerprint density at radius 3 is 2.52 bits per heavy atom. The number of carbonyl (C=O) groups excluding carboxylic acids is 2. The third kappa shape index (κ3) is 4.71. The Morgan fingerprint density at radius 2 is 1.86 bits per heavy atom. The van der Waals surface area contributed by atoms with Gasteiger partial charge in [0.05, 0.1) is 6.61 Å². The molecule has 1 aromatic carbocycles. The third-order valence-electron chi connectivity index (χ3n) is 4.34. The van der Waals surface area contributed by atoms with E-state index in [1.807, 2.05) is 6.07 Å². The quantitative estimate of drug-likeness (QED) is 0.702. The average Bonchev–Trinajstić information content (AvgIpc) is 3.18. The van der Waals surface area contributed by atoms with Crippen molar-refractivity contribution in [1.29, 1.82) is 0 Å². The number of carbonyl (C=O) groups is 2. The zero-order valence-corrected chi connectivity index (χ0v) is 17.6. The van der Waals surface area contributed by atoms with Gasteiger partial charge in [-0.2, -0.15) is 4.31 Å². The minimum atomic E-state index is -3.86. The topological polar surface area (TPSA) is 122 Å². The largest absolute Gasteiger partial charge is 0.450 e. The van der Waals surface area contributed by atoms with E-state index in [4.69, 9.17) is 4.74 Å². The van der Waals surface area contributed by atoms with Crippen molar-refractivity contribution in [2.75, 3.05) is 38.1 Å². The molecule has 156 valence electrons. The van der Waals surface area contributed by atoms with Crippen molar-refractivity contribution in [3.05, 3.63) is 35.4 Å². The molecule has 3 rings (SSSR count). The molecule has 0 saturated carbocycles. The van der Waals surface area contributed by atoms with E-state index in [1.54, 1.807) is 32.0 Å². The average molecular weight is 440 g/mol. The summed E-state index contributed by atoms with van der Waals surface area (Å²) in [5.41, 5.74) is 1.27. The van der Waals surface area contributed by atoms with Crippen molar-refractivity contribution in [3.63, 3.8) is 0 Å². The number of nitrogens with one attached hydrogen (secondary N) is 1. The summed E-state index contributed by atoms with van der Waals surface area (Å²) in [5.74, 6) is -0.383. The molecule has 12 heteroatoms. The molecule has 1 fully saturated rings. The fourth-order valence-corrected chi connectivity index (χ4v) is 5.25. The molecule has 0 spiro atoms. The van der Waals surface area contributed by atoms with E-state index >= 15 is 0 Å². The van der Waals surface area contributed by atoms with Gasteiger partial charge < -0.3 is 9.64 Å². The molecule has 1 N–H and O–H groups in total. The Morgan fingerprint density at radius 1 is 1.17 bits per heavy atom. The van der Waals surface area contributed by atoms with E-state index in [-0.39, 0.29) is 48.2 Å². The van der Waals surface area contributed by atoms with Crippen LogP contribution >= 0.6 is 11.3 Å². The van der Waals surface area contributed by atoms with Crippen LogP contribution in [0.4, 0.5) is 9.93 Å². The Bertz CT molecular complexity index is 999. The number of aryl methyl sites for hydroxylation is 1. The number of aromatic nitrogens is 2. The lowest BCUT2D eigenvalue weighted by molar-refractivity contribution is 0.0933. The smallest absolute Gasteiger partial charge is 0.409 e. The van der Waals surface area contributed by atoms with Crippen LogP contribution in [0, 0.1) is 6.92 Å². The Labute approximate surface area is 172 Å². The second-order valence-corrected chi connectivity index (χ2v) is 9.32. The lowest BCUT2D eigenvalue weighted by Crippen LogP contribution is -2.50. The molecule has 0 radical (unpaired) electrons. The molecule has 2 aromatic rings. The standard InChI is InChI=1S/C17H21N5O5S2/c1-3-27-17(24)21-8-10-22(11-9-21)29(25,26)16-20-19-15(28-16)18-14(23)13-7-5-4-6-12(13)2/h4-7H,3,8-11H2,1-2H3,(H,18,19,23). The molecule has 1 aliphatic heterocycles. The first-order valence-corrected chi connectivity index (χ1v) is 11.2. The first-order valence-electron chi connectivity index (χ1n) is 8.95. The first kappa shape index (κ1) is 21.1. The highest BCUT2D eigenvalue weighted by Gasteiger charge is 2.33. The molecule has 0 atom stereocenters. The number of rotatable bonds is 5. The molecule has 1 aromatic heterocycles. The summed E-state index contributed by atoms with van der Waals surface area (Å²) in [6.45, 7) is 4.50. The first-order chi connectivity index (χ1) is 13.8. The van der Waals surface area contributed by atoms with Crippen molar-refractivity contribution >= 4 is 38.5 Å². The van der Waals surface area contributed by atoms with Gasteiger partial charge in [-0.3, -0.25) is 10.1 Å². The van der Waals surface area contributed by atoms with Gasteiger partial charge in [-0.25, -0.2) is 13.2 Å². The van der Waals surface area contributed by atoms with E-state index in [2.05, 4.69) is 15.5 Å². The van der Waals surface area contributed by atoms with Crippen molar-refractivity contribution in [3.8, 4) is 0 Å². The maximum atomic E-state index is 12.8. The number of hydrogen-bond acceptors (Lipinski definition) is 8. The summed E-state index contributed by atoms with van der Waals surface area (Å²) >= 11 is 0.789. The number of amides is 2. The SMILES string of the molecule is CCOC(=O)N1CCN(S(=O)(=O)c2nnc(NC(=O)c3ccccc3C)s2)CC1. The molecule has 1 aliphatic rings. The highest BCUT2D eigenvalue weighted by molar-refractivity contribution is 7.91. The summed E-state index contributed by atoms with van der Waals surface area (Å²) in [6.07, 6.45) is -0.457. The Kier molecular flexibility index (Phi) is 6.45. The highest BCUT2D eigenvalue weighted by Crippen LogP contribution is 2.25. The summed E-state index contributed by atoms with van der Waals surface area (Å²) in [5, 5.41) is 10.2. The van der Waals surface area contributed by atoms with Gasteiger partial charge in [0, 0.05) is 31.7 Å². The van der Waals surface area contributed by atoms with Gasteiger partial charge in [-0.15, -0.1) is 10.2 Å². The van der Waals surface area contributed by atoms with Crippen molar-refractivity contribution in [2.24, 2.45) is 0 Å². The van der Waals surface area contributed by atoms with Gasteiger partial charge in [0.1, 0.15) is 0 Å². The van der Waals surface area contributed by atoms with Gasteiger partial charge in [-0.05, 0) is 25.5 Å².